The zero-order valence-corrected chi connectivity index (χ0v) is 19.7. The average molecular weight is 483 g/mol. The van der Waals surface area contributed by atoms with Crippen LogP contribution in [0.15, 0.2) is 76.5 Å². The number of benzene rings is 2. The third-order valence-electron chi connectivity index (χ3n) is 5.65. The van der Waals surface area contributed by atoms with Gasteiger partial charge in [-0.2, -0.15) is 0 Å². The summed E-state index contributed by atoms with van der Waals surface area (Å²) in [5, 5.41) is 3.28. The predicted octanol–water partition coefficient (Wildman–Crippen LogP) is 4.44. The highest BCUT2D eigenvalue weighted by atomic mass is 16.5. The maximum atomic E-state index is 12.8. The Morgan fingerprint density at radius 3 is 2.56 bits per heavy atom. The molecular formula is C26H21N5O5. The van der Waals surface area contributed by atoms with Gasteiger partial charge in [-0.05, 0) is 50.2 Å². The normalized spacial score (nSPS) is 10.9. The molecule has 0 aliphatic carbocycles. The topological polar surface area (TPSA) is 121 Å². The number of anilines is 1. The van der Waals surface area contributed by atoms with Crippen molar-refractivity contribution < 1.29 is 18.7 Å². The number of rotatable bonds is 6. The summed E-state index contributed by atoms with van der Waals surface area (Å²) in [4.78, 5) is 37.9. The Hall–Kier alpha value is -4.99. The number of aromatic nitrogens is 4. The van der Waals surface area contributed by atoms with E-state index in [0.717, 1.165) is 11.4 Å². The van der Waals surface area contributed by atoms with Crippen molar-refractivity contribution in [1.82, 2.24) is 19.5 Å². The molecule has 3 heterocycles. The predicted molar refractivity (Wildman–Crippen MR) is 132 cm³/mol. The highest BCUT2D eigenvalue weighted by Gasteiger charge is 2.16. The third-order valence-corrected chi connectivity index (χ3v) is 5.65. The van der Waals surface area contributed by atoms with Gasteiger partial charge >= 0.3 is 5.63 Å². The smallest absolute Gasteiger partial charge is 0.349 e. The quantitative estimate of drug-likeness (QED) is 0.352. The number of carbonyl (C=O) groups excluding carboxylic acids is 1. The largest absolute Gasteiger partial charge is 0.493 e. The molecule has 1 amide bonds. The van der Waals surface area contributed by atoms with Gasteiger partial charge in [0.2, 0.25) is 5.88 Å². The minimum absolute atomic E-state index is 0.116. The second-order valence-electron chi connectivity index (χ2n) is 7.91. The van der Waals surface area contributed by atoms with Gasteiger partial charge < -0.3 is 19.2 Å². The van der Waals surface area contributed by atoms with E-state index in [1.165, 1.54) is 19.5 Å². The van der Waals surface area contributed by atoms with E-state index >= 15 is 0 Å². The van der Waals surface area contributed by atoms with Gasteiger partial charge in [-0.25, -0.2) is 19.7 Å². The summed E-state index contributed by atoms with van der Waals surface area (Å²) in [6.45, 7) is 3.88. The van der Waals surface area contributed by atoms with E-state index in [-0.39, 0.29) is 11.1 Å². The maximum Gasteiger partial charge on any atom is 0.349 e. The van der Waals surface area contributed by atoms with Crippen LogP contribution in [0.3, 0.4) is 0 Å². The van der Waals surface area contributed by atoms with Gasteiger partial charge in [0.15, 0.2) is 11.3 Å². The molecule has 0 fully saturated rings. The number of amides is 1. The number of carbonyl (C=O) groups is 1. The Bertz CT molecular complexity index is 1640. The molecule has 0 saturated carbocycles. The number of imidazole rings is 1. The van der Waals surface area contributed by atoms with Crippen molar-refractivity contribution in [3.05, 3.63) is 94.6 Å². The fourth-order valence-corrected chi connectivity index (χ4v) is 3.61. The summed E-state index contributed by atoms with van der Waals surface area (Å²) in [6, 6.07) is 15.0. The summed E-state index contributed by atoms with van der Waals surface area (Å²) >= 11 is 0. The molecule has 0 saturated heterocycles. The number of fused-ring (bicyclic) bond motifs is 1. The highest BCUT2D eigenvalue weighted by molar-refractivity contribution is 6.05. The first-order chi connectivity index (χ1) is 17.4. The molecule has 5 aromatic rings. The van der Waals surface area contributed by atoms with E-state index in [4.69, 9.17) is 13.9 Å². The number of nitrogens with one attached hydrogen (secondary N) is 1. The van der Waals surface area contributed by atoms with Gasteiger partial charge in [0, 0.05) is 22.8 Å². The molecule has 180 valence electrons. The first-order valence-corrected chi connectivity index (χ1v) is 11.0. The molecule has 0 spiro atoms. The van der Waals surface area contributed by atoms with Crippen molar-refractivity contribution in [3.8, 4) is 23.2 Å². The van der Waals surface area contributed by atoms with E-state index in [1.54, 1.807) is 54.9 Å². The fraction of sp³-hybridized carbons (Fsp3) is 0.115. The van der Waals surface area contributed by atoms with Crippen LogP contribution in [0.2, 0.25) is 0 Å². The Morgan fingerprint density at radius 2 is 1.83 bits per heavy atom. The Balaban J connectivity index is 1.31. The molecule has 0 radical (unpaired) electrons. The lowest BCUT2D eigenvalue weighted by molar-refractivity contribution is 0.102. The Kier molecular flexibility index (Phi) is 5.91. The fourth-order valence-electron chi connectivity index (χ4n) is 3.61. The molecule has 5 rings (SSSR count). The van der Waals surface area contributed by atoms with Crippen molar-refractivity contribution in [1.29, 1.82) is 0 Å². The van der Waals surface area contributed by atoms with E-state index in [2.05, 4.69) is 20.3 Å². The first kappa shape index (κ1) is 22.8. The molecule has 0 aliphatic heterocycles. The van der Waals surface area contributed by atoms with Crippen LogP contribution in [-0.4, -0.2) is 32.5 Å². The van der Waals surface area contributed by atoms with Crippen molar-refractivity contribution in [2.24, 2.45) is 0 Å². The van der Waals surface area contributed by atoms with Crippen molar-refractivity contribution >= 4 is 22.6 Å². The van der Waals surface area contributed by atoms with Gasteiger partial charge in [0.25, 0.3) is 5.91 Å². The van der Waals surface area contributed by atoms with Crippen molar-refractivity contribution in [2.45, 2.75) is 13.8 Å². The van der Waals surface area contributed by atoms with Crippen LogP contribution in [0.4, 0.5) is 5.69 Å². The molecule has 0 aliphatic rings. The maximum absolute atomic E-state index is 12.8. The third kappa shape index (κ3) is 4.39. The van der Waals surface area contributed by atoms with Crippen molar-refractivity contribution in [2.75, 3.05) is 12.4 Å². The van der Waals surface area contributed by atoms with Crippen LogP contribution in [-0.2, 0) is 0 Å². The Labute approximate surface area is 205 Å². The van der Waals surface area contributed by atoms with E-state index < -0.39 is 11.5 Å². The van der Waals surface area contributed by atoms with Gasteiger partial charge in [-0.1, -0.05) is 12.1 Å². The first-order valence-electron chi connectivity index (χ1n) is 11.0. The van der Waals surface area contributed by atoms with Gasteiger partial charge in [0.05, 0.1) is 12.8 Å². The summed E-state index contributed by atoms with van der Waals surface area (Å²) in [6.07, 6.45) is 3.11. The molecular weight excluding hydrogens is 462 g/mol. The lowest BCUT2D eigenvalue weighted by atomic mass is 10.1. The molecule has 0 bridgehead atoms. The lowest BCUT2D eigenvalue weighted by Crippen LogP contribution is -2.20. The van der Waals surface area contributed by atoms with E-state index in [1.807, 2.05) is 18.4 Å². The number of hydrogen-bond donors (Lipinski definition) is 1. The molecule has 2 aromatic carbocycles. The zero-order valence-electron chi connectivity index (χ0n) is 19.7. The number of hydrogen-bond acceptors (Lipinski definition) is 8. The van der Waals surface area contributed by atoms with Crippen LogP contribution < -0.4 is 20.4 Å². The van der Waals surface area contributed by atoms with Crippen molar-refractivity contribution in [3.63, 3.8) is 0 Å². The van der Waals surface area contributed by atoms with Crippen LogP contribution in [0, 0.1) is 13.8 Å². The van der Waals surface area contributed by atoms with Gasteiger partial charge in [-0.15, -0.1) is 0 Å². The second-order valence-corrected chi connectivity index (χ2v) is 7.91. The van der Waals surface area contributed by atoms with Crippen LogP contribution in [0.5, 0.6) is 17.4 Å². The number of nitrogens with zero attached hydrogens (tertiary/aromatic N) is 4. The molecule has 10 nitrogen and oxygen atoms in total. The molecule has 10 heteroatoms. The van der Waals surface area contributed by atoms with E-state index in [0.29, 0.717) is 34.3 Å². The summed E-state index contributed by atoms with van der Waals surface area (Å²) < 4.78 is 18.2. The zero-order chi connectivity index (χ0) is 25.2. The Morgan fingerprint density at radius 1 is 1.03 bits per heavy atom. The van der Waals surface area contributed by atoms with Gasteiger partial charge in [0.1, 0.15) is 29.8 Å². The molecule has 0 unspecified atom stereocenters. The average Bonchev–Trinajstić information content (AvgIpc) is 3.22. The molecule has 0 atom stereocenters. The van der Waals surface area contributed by atoms with Gasteiger partial charge in [-0.3, -0.25) is 9.36 Å². The van der Waals surface area contributed by atoms with Crippen LogP contribution in [0.25, 0.3) is 16.8 Å². The van der Waals surface area contributed by atoms with Crippen LogP contribution in [0.1, 0.15) is 21.7 Å². The molecule has 3 aromatic heterocycles. The SMILES string of the molecule is COc1cccc2cc(C(=O)Nc3ccc(Oc4cc(-n5cnc(C)c5C)ncn4)cc3)c(=O)oc12. The van der Waals surface area contributed by atoms with E-state index in [9.17, 15) is 9.59 Å². The molecule has 36 heavy (non-hydrogen) atoms. The highest BCUT2D eigenvalue weighted by Crippen LogP contribution is 2.26. The standard InChI is InChI=1S/C26H21N5O5/c1-15-16(2)31(14-29-15)22-12-23(28-13-27-22)35-19-9-7-18(8-10-19)30-25(32)20-11-17-5-4-6-21(34-3)24(17)36-26(20)33/h4-14H,1-3H3,(H,30,32). The number of ether oxygens (including phenoxy) is 2. The minimum Gasteiger partial charge on any atom is -0.493 e. The number of para-hydroxylation sites is 1. The van der Waals surface area contributed by atoms with Crippen LogP contribution >= 0.6 is 0 Å². The minimum atomic E-state index is -0.757. The number of aryl methyl sites for hydroxylation is 1. The monoisotopic (exact) mass is 483 g/mol. The number of methoxy groups -OCH3 is 1. The summed E-state index contributed by atoms with van der Waals surface area (Å²) in [7, 11) is 1.48. The summed E-state index contributed by atoms with van der Waals surface area (Å²) in [5.74, 6) is 1.32. The molecule has 1 N–H and O–H groups in total. The lowest BCUT2D eigenvalue weighted by Gasteiger charge is -2.09. The second kappa shape index (κ2) is 9.34. The summed E-state index contributed by atoms with van der Waals surface area (Å²) in [5.41, 5.74) is 1.77.